The monoisotopic (exact) mass is 306 g/mol. The predicted molar refractivity (Wildman–Crippen MR) is 83.4 cm³/mol. The minimum Gasteiger partial charge on any atom is -0.487 e. The third kappa shape index (κ3) is 2.63. The van der Waals surface area contributed by atoms with Gasteiger partial charge >= 0.3 is 0 Å². The van der Waals surface area contributed by atoms with Gasteiger partial charge in [-0.1, -0.05) is 23.7 Å². The maximum Gasteiger partial charge on any atom is 0.145 e. The van der Waals surface area contributed by atoms with E-state index in [1.165, 1.54) is 6.07 Å². The van der Waals surface area contributed by atoms with Gasteiger partial charge in [-0.2, -0.15) is 0 Å². The van der Waals surface area contributed by atoms with E-state index < -0.39 is 0 Å². The molecule has 0 aliphatic carbocycles. The van der Waals surface area contributed by atoms with Gasteiger partial charge in [-0.3, -0.25) is 0 Å². The van der Waals surface area contributed by atoms with Gasteiger partial charge in [0.15, 0.2) is 0 Å². The van der Waals surface area contributed by atoms with Crippen molar-refractivity contribution in [2.75, 3.05) is 17.2 Å². The number of hydrogen-bond donors (Lipinski definition) is 1. The molecule has 3 nitrogen and oxygen atoms in total. The number of nitrogens with zero attached hydrogens (tertiary/aromatic N) is 1. The van der Waals surface area contributed by atoms with Gasteiger partial charge in [-0.15, -0.1) is 0 Å². The lowest BCUT2D eigenvalue weighted by Crippen LogP contribution is -2.38. The maximum atomic E-state index is 14.0. The van der Waals surface area contributed by atoms with Crippen LogP contribution in [0.25, 0.3) is 0 Å². The Morgan fingerprint density at radius 1 is 1.33 bits per heavy atom. The largest absolute Gasteiger partial charge is 0.487 e. The molecule has 2 aromatic rings. The van der Waals surface area contributed by atoms with E-state index >= 15 is 0 Å². The summed E-state index contributed by atoms with van der Waals surface area (Å²) in [6.07, 6.45) is 0.00449. The Bertz CT molecular complexity index is 657. The molecule has 2 aromatic carbocycles. The molecular formula is C16H16ClFN2O. The fourth-order valence-corrected chi connectivity index (χ4v) is 2.87. The summed E-state index contributed by atoms with van der Waals surface area (Å²) in [5, 5.41) is 0.421. The lowest BCUT2D eigenvalue weighted by atomic mass is 10.1. The van der Waals surface area contributed by atoms with Crippen LogP contribution in [0.3, 0.4) is 0 Å². The van der Waals surface area contributed by atoms with E-state index in [-0.39, 0.29) is 11.9 Å². The maximum absolute atomic E-state index is 14.0. The molecule has 3 rings (SSSR count). The Hall–Kier alpha value is -1.94. The number of ether oxygens (including phenoxy) is 1. The normalized spacial score (nSPS) is 17.3. The lowest BCUT2D eigenvalue weighted by Gasteiger charge is -2.36. The van der Waals surface area contributed by atoms with E-state index in [1.54, 1.807) is 12.1 Å². The number of hydrogen-bond acceptors (Lipinski definition) is 3. The number of benzene rings is 2. The van der Waals surface area contributed by atoms with Gasteiger partial charge < -0.3 is 15.4 Å². The molecule has 0 aromatic heterocycles. The Morgan fingerprint density at radius 3 is 2.86 bits per heavy atom. The Kier molecular flexibility index (Phi) is 3.64. The van der Waals surface area contributed by atoms with Gasteiger partial charge in [0.2, 0.25) is 0 Å². The molecule has 21 heavy (non-hydrogen) atoms. The average Bonchev–Trinajstić information content (AvgIpc) is 2.42. The summed E-state index contributed by atoms with van der Waals surface area (Å²) < 4.78 is 19.8. The first-order valence-electron chi connectivity index (χ1n) is 6.79. The van der Waals surface area contributed by atoms with Crippen LogP contribution in [-0.2, 0) is 6.54 Å². The lowest BCUT2D eigenvalue weighted by molar-refractivity contribution is 0.212. The van der Waals surface area contributed by atoms with Gasteiger partial charge in [0.05, 0.1) is 12.2 Å². The molecule has 0 fully saturated rings. The molecule has 1 aliphatic heterocycles. The quantitative estimate of drug-likeness (QED) is 0.857. The number of para-hydroxylation sites is 1. The van der Waals surface area contributed by atoms with Gasteiger partial charge in [0, 0.05) is 17.1 Å². The number of fused-ring (bicyclic) bond motifs is 1. The summed E-state index contributed by atoms with van der Waals surface area (Å²) in [5.41, 5.74) is 7.95. The van der Waals surface area contributed by atoms with Gasteiger partial charge in [-0.05, 0) is 31.2 Å². The minimum absolute atomic E-state index is 0.00449. The molecule has 0 bridgehead atoms. The second kappa shape index (κ2) is 5.45. The van der Waals surface area contributed by atoms with Crippen LogP contribution in [0, 0.1) is 5.82 Å². The highest BCUT2D eigenvalue weighted by molar-refractivity contribution is 6.31. The highest BCUT2D eigenvalue weighted by Crippen LogP contribution is 2.39. The molecule has 5 heteroatoms. The number of anilines is 2. The standard InChI is InChI=1S/C16H16ClFN2O/c1-10-8-20(9-11-12(17)4-2-5-13(11)18)16-14(19)6-3-7-15(16)21-10/h2-7,10H,8-9,19H2,1H3. The number of rotatable bonds is 2. The Labute approximate surface area is 128 Å². The highest BCUT2D eigenvalue weighted by Gasteiger charge is 2.26. The van der Waals surface area contributed by atoms with E-state index in [9.17, 15) is 4.39 Å². The van der Waals surface area contributed by atoms with Crippen LogP contribution < -0.4 is 15.4 Å². The van der Waals surface area contributed by atoms with Crippen molar-refractivity contribution in [3.63, 3.8) is 0 Å². The second-order valence-electron chi connectivity index (χ2n) is 5.20. The van der Waals surface area contributed by atoms with E-state index in [1.807, 2.05) is 30.0 Å². The van der Waals surface area contributed by atoms with Crippen molar-refractivity contribution >= 4 is 23.0 Å². The first-order valence-corrected chi connectivity index (χ1v) is 7.17. The van der Waals surface area contributed by atoms with Crippen molar-refractivity contribution in [3.8, 4) is 5.75 Å². The topological polar surface area (TPSA) is 38.5 Å². The average molecular weight is 307 g/mol. The second-order valence-corrected chi connectivity index (χ2v) is 5.61. The SMILES string of the molecule is CC1CN(Cc2c(F)cccc2Cl)c2c(N)cccc2O1. The van der Waals surface area contributed by atoms with Crippen molar-refractivity contribution in [3.05, 3.63) is 52.8 Å². The van der Waals surface area contributed by atoms with Crippen LogP contribution in [0.1, 0.15) is 12.5 Å². The zero-order valence-electron chi connectivity index (χ0n) is 11.6. The van der Waals surface area contributed by atoms with Crippen molar-refractivity contribution < 1.29 is 9.13 Å². The molecule has 0 radical (unpaired) electrons. The molecule has 1 heterocycles. The van der Waals surface area contributed by atoms with Crippen LogP contribution in [0.15, 0.2) is 36.4 Å². The molecule has 0 saturated carbocycles. The third-order valence-corrected chi connectivity index (χ3v) is 3.92. The summed E-state index contributed by atoms with van der Waals surface area (Å²) in [6.45, 7) is 2.97. The molecule has 110 valence electrons. The molecule has 0 amide bonds. The number of nitrogen functional groups attached to an aromatic ring is 1. The molecule has 0 spiro atoms. The zero-order chi connectivity index (χ0) is 15.0. The molecule has 1 aliphatic rings. The van der Waals surface area contributed by atoms with E-state index in [0.717, 1.165) is 11.4 Å². The summed E-state index contributed by atoms with van der Waals surface area (Å²) in [5.74, 6) is 0.416. The fourth-order valence-electron chi connectivity index (χ4n) is 2.65. The Morgan fingerprint density at radius 2 is 2.10 bits per heavy atom. The molecule has 1 unspecified atom stereocenters. The van der Waals surface area contributed by atoms with Crippen LogP contribution in [-0.4, -0.2) is 12.6 Å². The summed E-state index contributed by atoms with van der Waals surface area (Å²) in [6, 6.07) is 10.2. The highest BCUT2D eigenvalue weighted by atomic mass is 35.5. The number of nitrogens with two attached hydrogens (primary N) is 1. The van der Waals surface area contributed by atoms with Crippen molar-refractivity contribution in [1.82, 2.24) is 0 Å². The van der Waals surface area contributed by atoms with E-state index in [2.05, 4.69) is 0 Å². The van der Waals surface area contributed by atoms with E-state index in [4.69, 9.17) is 22.1 Å². The molecule has 2 N–H and O–H groups in total. The van der Waals surface area contributed by atoms with Crippen LogP contribution in [0.2, 0.25) is 5.02 Å². The third-order valence-electron chi connectivity index (χ3n) is 3.56. The van der Waals surface area contributed by atoms with Gasteiger partial charge in [0.25, 0.3) is 0 Å². The van der Waals surface area contributed by atoms with E-state index in [0.29, 0.717) is 29.4 Å². The predicted octanol–water partition coefficient (Wildman–Crippen LogP) is 3.85. The van der Waals surface area contributed by atoms with Crippen molar-refractivity contribution in [2.45, 2.75) is 19.6 Å². The van der Waals surface area contributed by atoms with Crippen LogP contribution >= 0.6 is 11.6 Å². The van der Waals surface area contributed by atoms with Crippen molar-refractivity contribution in [2.24, 2.45) is 0 Å². The minimum atomic E-state index is -0.308. The molecule has 0 saturated heterocycles. The van der Waals surface area contributed by atoms with Crippen molar-refractivity contribution in [1.29, 1.82) is 0 Å². The summed E-state index contributed by atoms with van der Waals surface area (Å²) >= 11 is 6.12. The first-order chi connectivity index (χ1) is 10.1. The Balaban J connectivity index is 2.00. The smallest absolute Gasteiger partial charge is 0.145 e. The van der Waals surface area contributed by atoms with Gasteiger partial charge in [-0.25, -0.2) is 4.39 Å². The van der Waals surface area contributed by atoms with Crippen LogP contribution in [0.4, 0.5) is 15.8 Å². The molecular weight excluding hydrogens is 291 g/mol. The first kappa shape index (κ1) is 14.0. The van der Waals surface area contributed by atoms with Gasteiger partial charge in [0.1, 0.15) is 23.4 Å². The zero-order valence-corrected chi connectivity index (χ0v) is 12.4. The summed E-state index contributed by atoms with van der Waals surface area (Å²) in [7, 11) is 0. The summed E-state index contributed by atoms with van der Waals surface area (Å²) in [4.78, 5) is 2.02. The van der Waals surface area contributed by atoms with Crippen LogP contribution in [0.5, 0.6) is 5.75 Å². The number of halogens is 2. The molecule has 1 atom stereocenters. The fraction of sp³-hybridized carbons (Fsp3) is 0.250.